The lowest BCUT2D eigenvalue weighted by atomic mass is 10.0. The molecule has 5 heteroatoms. The first kappa shape index (κ1) is 16.8. The number of likely N-dealkylation sites (N-methyl/N-ethyl adjacent to an activating group) is 1. The van der Waals surface area contributed by atoms with Crippen molar-refractivity contribution in [1.29, 1.82) is 0 Å². The average Bonchev–Trinajstić information content (AvgIpc) is 2.33. The molecule has 104 valence electrons. The molecule has 0 aliphatic rings. The van der Waals surface area contributed by atoms with E-state index in [0.717, 1.165) is 26.2 Å². The van der Waals surface area contributed by atoms with Gasteiger partial charge in [-0.25, -0.2) is 0 Å². The molecule has 0 spiro atoms. The number of hydrogen-bond acceptors (Lipinski definition) is 5. The molecule has 0 aromatic heterocycles. The van der Waals surface area contributed by atoms with Crippen LogP contribution in [0.15, 0.2) is 0 Å². The molecule has 0 rings (SSSR count). The number of ether oxygens (including phenoxy) is 2. The minimum absolute atomic E-state index is 0.122. The minimum atomic E-state index is -0.268. The highest BCUT2D eigenvalue weighted by Gasteiger charge is 2.24. The number of nitrogens with one attached hydrogen (secondary N) is 1. The third-order valence-electron chi connectivity index (χ3n) is 2.75. The molecule has 2 N–H and O–H groups in total. The summed E-state index contributed by atoms with van der Waals surface area (Å²) in [7, 11) is 3.40. The van der Waals surface area contributed by atoms with Crippen molar-refractivity contribution >= 4 is 0 Å². The summed E-state index contributed by atoms with van der Waals surface area (Å²) in [6.07, 6.45) is 0. The molecule has 0 bridgehead atoms. The van der Waals surface area contributed by atoms with Crippen LogP contribution in [0.4, 0.5) is 0 Å². The Bertz CT molecular complexity index is 173. The van der Waals surface area contributed by atoms with Gasteiger partial charge in [-0.1, -0.05) is 6.92 Å². The van der Waals surface area contributed by atoms with Gasteiger partial charge in [-0.3, -0.25) is 4.90 Å². The summed E-state index contributed by atoms with van der Waals surface area (Å²) in [6.45, 7) is 8.91. The zero-order valence-electron chi connectivity index (χ0n) is 11.7. The van der Waals surface area contributed by atoms with Gasteiger partial charge in [0.1, 0.15) is 0 Å². The van der Waals surface area contributed by atoms with Gasteiger partial charge in [0.25, 0.3) is 0 Å². The zero-order valence-corrected chi connectivity index (χ0v) is 11.7. The summed E-state index contributed by atoms with van der Waals surface area (Å²) < 4.78 is 10.2. The van der Waals surface area contributed by atoms with Gasteiger partial charge in [-0.05, 0) is 13.5 Å². The highest BCUT2D eigenvalue weighted by atomic mass is 16.5. The SMILES string of the molecule is CCNC(C)(CO)CN(CCOC)CCOC. The molecule has 0 saturated carbocycles. The predicted molar refractivity (Wildman–Crippen MR) is 69.4 cm³/mol. The maximum Gasteiger partial charge on any atom is 0.0623 e. The van der Waals surface area contributed by atoms with Crippen LogP contribution in [0, 0.1) is 0 Å². The van der Waals surface area contributed by atoms with E-state index in [1.165, 1.54) is 0 Å². The maximum atomic E-state index is 9.46. The number of methoxy groups -OCH3 is 2. The lowest BCUT2D eigenvalue weighted by molar-refractivity contribution is 0.0754. The largest absolute Gasteiger partial charge is 0.394 e. The Morgan fingerprint density at radius 1 is 1.18 bits per heavy atom. The van der Waals surface area contributed by atoms with E-state index in [9.17, 15) is 5.11 Å². The molecule has 0 heterocycles. The Hall–Kier alpha value is -0.200. The molecule has 17 heavy (non-hydrogen) atoms. The Morgan fingerprint density at radius 3 is 2.06 bits per heavy atom. The fourth-order valence-corrected chi connectivity index (χ4v) is 1.79. The summed E-state index contributed by atoms with van der Waals surface area (Å²) in [5.74, 6) is 0. The van der Waals surface area contributed by atoms with Crippen LogP contribution in [0.25, 0.3) is 0 Å². The van der Waals surface area contributed by atoms with E-state index in [4.69, 9.17) is 9.47 Å². The lowest BCUT2D eigenvalue weighted by Crippen LogP contribution is -2.54. The lowest BCUT2D eigenvalue weighted by Gasteiger charge is -2.34. The Morgan fingerprint density at radius 2 is 1.71 bits per heavy atom. The summed E-state index contributed by atoms with van der Waals surface area (Å²) >= 11 is 0. The van der Waals surface area contributed by atoms with Crippen molar-refractivity contribution in [2.45, 2.75) is 19.4 Å². The molecule has 0 saturated heterocycles. The number of hydrogen-bond donors (Lipinski definition) is 2. The molecule has 0 aliphatic heterocycles. The van der Waals surface area contributed by atoms with Crippen LogP contribution < -0.4 is 5.32 Å². The summed E-state index contributed by atoms with van der Waals surface area (Å²) in [5, 5.41) is 12.8. The van der Waals surface area contributed by atoms with Crippen LogP contribution in [0.1, 0.15) is 13.8 Å². The van der Waals surface area contributed by atoms with Crippen molar-refractivity contribution in [2.75, 3.05) is 60.2 Å². The Balaban J connectivity index is 4.25. The normalized spacial score (nSPS) is 15.2. The van der Waals surface area contributed by atoms with Gasteiger partial charge in [-0.15, -0.1) is 0 Å². The molecule has 0 aliphatic carbocycles. The summed E-state index contributed by atoms with van der Waals surface area (Å²) in [5.41, 5.74) is -0.268. The molecule has 0 amide bonds. The number of rotatable bonds is 11. The maximum absolute atomic E-state index is 9.46. The van der Waals surface area contributed by atoms with Gasteiger partial charge in [0.05, 0.1) is 25.4 Å². The minimum Gasteiger partial charge on any atom is -0.394 e. The van der Waals surface area contributed by atoms with Crippen LogP contribution in [0.3, 0.4) is 0 Å². The molecule has 0 aromatic carbocycles. The van der Waals surface area contributed by atoms with Crippen molar-refractivity contribution in [3.63, 3.8) is 0 Å². The van der Waals surface area contributed by atoms with E-state index < -0.39 is 0 Å². The van der Waals surface area contributed by atoms with Gasteiger partial charge >= 0.3 is 0 Å². The third-order valence-corrected chi connectivity index (χ3v) is 2.75. The quantitative estimate of drug-likeness (QED) is 0.536. The van der Waals surface area contributed by atoms with Crippen molar-refractivity contribution < 1.29 is 14.6 Å². The fraction of sp³-hybridized carbons (Fsp3) is 1.00. The summed E-state index contributed by atoms with van der Waals surface area (Å²) in [6, 6.07) is 0. The van der Waals surface area contributed by atoms with E-state index in [0.29, 0.717) is 13.2 Å². The predicted octanol–water partition coefficient (Wildman–Crippen LogP) is -0.0583. The Labute approximate surface area is 105 Å². The zero-order chi connectivity index (χ0) is 13.1. The van der Waals surface area contributed by atoms with Gasteiger partial charge < -0.3 is 19.9 Å². The second kappa shape index (κ2) is 9.79. The van der Waals surface area contributed by atoms with Crippen LogP contribution in [0.2, 0.25) is 0 Å². The second-order valence-electron chi connectivity index (χ2n) is 4.51. The summed E-state index contributed by atoms with van der Waals surface area (Å²) in [4.78, 5) is 2.24. The van der Waals surface area contributed by atoms with E-state index in [1.54, 1.807) is 14.2 Å². The van der Waals surface area contributed by atoms with Crippen LogP contribution in [-0.2, 0) is 9.47 Å². The van der Waals surface area contributed by atoms with Crippen molar-refractivity contribution in [3.05, 3.63) is 0 Å². The highest BCUT2D eigenvalue weighted by molar-refractivity contribution is 4.85. The third kappa shape index (κ3) is 7.68. The van der Waals surface area contributed by atoms with Crippen LogP contribution in [0.5, 0.6) is 0 Å². The second-order valence-corrected chi connectivity index (χ2v) is 4.51. The van der Waals surface area contributed by atoms with Crippen molar-refractivity contribution in [1.82, 2.24) is 10.2 Å². The number of nitrogens with zero attached hydrogens (tertiary/aromatic N) is 1. The smallest absolute Gasteiger partial charge is 0.0623 e. The van der Waals surface area contributed by atoms with E-state index in [-0.39, 0.29) is 12.1 Å². The average molecular weight is 248 g/mol. The first-order valence-electron chi connectivity index (χ1n) is 6.18. The van der Waals surface area contributed by atoms with E-state index in [1.807, 2.05) is 13.8 Å². The first-order valence-corrected chi connectivity index (χ1v) is 6.18. The Kier molecular flexibility index (Phi) is 9.68. The number of aliphatic hydroxyl groups excluding tert-OH is 1. The first-order chi connectivity index (χ1) is 8.11. The van der Waals surface area contributed by atoms with Crippen molar-refractivity contribution in [2.24, 2.45) is 0 Å². The van der Waals surface area contributed by atoms with Crippen LogP contribution in [-0.4, -0.2) is 75.8 Å². The van der Waals surface area contributed by atoms with Gasteiger partial charge in [-0.2, -0.15) is 0 Å². The molecule has 1 atom stereocenters. The van der Waals surface area contributed by atoms with Gasteiger partial charge in [0.2, 0.25) is 0 Å². The van der Waals surface area contributed by atoms with E-state index >= 15 is 0 Å². The van der Waals surface area contributed by atoms with Gasteiger partial charge in [0.15, 0.2) is 0 Å². The molecule has 0 radical (unpaired) electrons. The fourth-order valence-electron chi connectivity index (χ4n) is 1.79. The topological polar surface area (TPSA) is 54.0 Å². The molecular weight excluding hydrogens is 220 g/mol. The molecule has 5 nitrogen and oxygen atoms in total. The molecule has 0 aromatic rings. The molecule has 0 fully saturated rings. The molecule has 1 unspecified atom stereocenters. The standard InChI is InChI=1S/C12H28N2O3/c1-5-13-12(2,11-15)10-14(6-8-16-3)7-9-17-4/h13,15H,5-11H2,1-4H3. The number of aliphatic hydroxyl groups is 1. The highest BCUT2D eigenvalue weighted by Crippen LogP contribution is 2.06. The monoisotopic (exact) mass is 248 g/mol. The van der Waals surface area contributed by atoms with Crippen molar-refractivity contribution in [3.8, 4) is 0 Å². The molecular formula is C12H28N2O3. The van der Waals surface area contributed by atoms with E-state index in [2.05, 4.69) is 10.2 Å². The van der Waals surface area contributed by atoms with Crippen LogP contribution >= 0.6 is 0 Å². The van der Waals surface area contributed by atoms with Gasteiger partial charge in [0, 0.05) is 33.9 Å².